The summed E-state index contributed by atoms with van der Waals surface area (Å²) in [4.78, 5) is 36.0. The van der Waals surface area contributed by atoms with Crippen LogP contribution < -0.4 is 20.1 Å². The van der Waals surface area contributed by atoms with Crippen LogP contribution in [0.2, 0.25) is 0 Å². The zero-order valence-electron chi connectivity index (χ0n) is 19.1. The van der Waals surface area contributed by atoms with E-state index < -0.39 is 18.5 Å². The number of hydrogen-bond acceptors (Lipinski definition) is 6. The molecule has 0 aliphatic rings. The molecule has 0 unspecified atom stereocenters. The van der Waals surface area contributed by atoms with Crippen molar-refractivity contribution in [3.63, 3.8) is 0 Å². The first-order chi connectivity index (χ1) is 16.9. The van der Waals surface area contributed by atoms with E-state index in [1.54, 1.807) is 48.5 Å². The fourth-order valence-corrected chi connectivity index (χ4v) is 3.24. The molecule has 0 aliphatic heterocycles. The van der Waals surface area contributed by atoms with Gasteiger partial charge in [-0.3, -0.25) is 14.4 Å². The van der Waals surface area contributed by atoms with Crippen LogP contribution in [0.15, 0.2) is 77.3 Å². The second-order valence-electron chi connectivity index (χ2n) is 7.42. The molecule has 3 rings (SSSR count). The molecule has 0 heterocycles. The maximum atomic E-state index is 12.2. The Kier molecular flexibility index (Phi) is 9.68. The van der Waals surface area contributed by atoms with Gasteiger partial charge in [0.15, 0.2) is 6.61 Å². The van der Waals surface area contributed by atoms with Gasteiger partial charge in [-0.1, -0.05) is 22.0 Å². The molecule has 3 aromatic carbocycles. The number of amides is 2. The molecule has 0 bridgehead atoms. The van der Waals surface area contributed by atoms with E-state index in [1.165, 1.54) is 7.11 Å². The molecule has 0 radical (unpaired) electrons. The number of hydrogen-bond donors (Lipinski definition) is 2. The van der Waals surface area contributed by atoms with E-state index in [4.69, 9.17) is 14.2 Å². The Hall–Kier alpha value is -3.85. The van der Waals surface area contributed by atoms with Crippen LogP contribution in [0.5, 0.6) is 17.2 Å². The van der Waals surface area contributed by atoms with Gasteiger partial charge in [0.2, 0.25) is 5.91 Å². The lowest BCUT2D eigenvalue weighted by atomic mass is 10.2. The molecule has 9 heteroatoms. The summed E-state index contributed by atoms with van der Waals surface area (Å²) in [7, 11) is 1.53. The van der Waals surface area contributed by atoms with Gasteiger partial charge < -0.3 is 24.8 Å². The molecule has 0 saturated heterocycles. The van der Waals surface area contributed by atoms with Crippen molar-refractivity contribution in [2.45, 2.75) is 19.3 Å². The molecule has 182 valence electrons. The summed E-state index contributed by atoms with van der Waals surface area (Å²) in [6, 6.07) is 21.3. The fraction of sp³-hybridized carbons (Fsp3) is 0.192. The minimum Gasteiger partial charge on any atom is -0.497 e. The van der Waals surface area contributed by atoms with E-state index in [9.17, 15) is 14.4 Å². The molecule has 3 aromatic rings. The fourth-order valence-electron chi connectivity index (χ4n) is 2.98. The lowest BCUT2D eigenvalue weighted by Crippen LogP contribution is -2.21. The van der Waals surface area contributed by atoms with Crippen molar-refractivity contribution in [3.8, 4) is 17.2 Å². The van der Waals surface area contributed by atoms with Crippen LogP contribution in [0.4, 0.5) is 11.4 Å². The van der Waals surface area contributed by atoms with Crippen molar-refractivity contribution in [2.24, 2.45) is 0 Å². The van der Waals surface area contributed by atoms with Gasteiger partial charge in [0.05, 0.1) is 7.11 Å². The summed E-state index contributed by atoms with van der Waals surface area (Å²) >= 11 is 3.38. The highest BCUT2D eigenvalue weighted by atomic mass is 79.9. The second-order valence-corrected chi connectivity index (χ2v) is 8.34. The second kappa shape index (κ2) is 13.1. The smallest absolute Gasteiger partial charge is 0.306 e. The summed E-state index contributed by atoms with van der Waals surface area (Å²) in [6.45, 7) is -0.406. The van der Waals surface area contributed by atoms with Crippen molar-refractivity contribution in [1.82, 2.24) is 0 Å². The first-order valence-corrected chi connectivity index (χ1v) is 11.6. The van der Waals surface area contributed by atoms with Crippen molar-refractivity contribution in [3.05, 3.63) is 77.3 Å². The SMILES string of the molecule is COc1cccc(NC(=O)COC(=O)CCCC(=O)Nc2ccc(Oc3ccc(Br)cc3)cc2)c1. The van der Waals surface area contributed by atoms with Crippen molar-refractivity contribution in [2.75, 3.05) is 24.4 Å². The predicted octanol–water partition coefficient (Wildman–Crippen LogP) is 5.54. The number of nitrogens with one attached hydrogen (secondary N) is 2. The highest BCUT2D eigenvalue weighted by molar-refractivity contribution is 9.10. The maximum Gasteiger partial charge on any atom is 0.306 e. The van der Waals surface area contributed by atoms with Crippen molar-refractivity contribution in [1.29, 1.82) is 0 Å². The van der Waals surface area contributed by atoms with Gasteiger partial charge >= 0.3 is 5.97 Å². The molecule has 0 fully saturated rings. The summed E-state index contributed by atoms with van der Waals surface area (Å²) < 4.78 is 16.8. The molecule has 2 amide bonds. The summed E-state index contributed by atoms with van der Waals surface area (Å²) in [5, 5.41) is 5.40. The number of halogens is 1. The van der Waals surface area contributed by atoms with Crippen molar-refractivity contribution >= 4 is 45.1 Å². The number of methoxy groups -OCH3 is 1. The maximum absolute atomic E-state index is 12.2. The molecular weight excluding hydrogens is 516 g/mol. The van der Waals surface area contributed by atoms with Crippen LogP contribution in [-0.2, 0) is 19.1 Å². The number of benzene rings is 3. The quantitative estimate of drug-likeness (QED) is 0.309. The van der Waals surface area contributed by atoms with Gasteiger partial charge in [-0.25, -0.2) is 0 Å². The molecule has 0 spiro atoms. The van der Waals surface area contributed by atoms with Crippen LogP contribution in [0.1, 0.15) is 19.3 Å². The van der Waals surface area contributed by atoms with Crippen LogP contribution >= 0.6 is 15.9 Å². The number of anilines is 2. The van der Waals surface area contributed by atoms with Gasteiger partial charge in [0.1, 0.15) is 17.2 Å². The van der Waals surface area contributed by atoms with E-state index in [-0.39, 0.29) is 18.7 Å². The van der Waals surface area contributed by atoms with E-state index in [2.05, 4.69) is 26.6 Å². The molecular formula is C26H25BrN2O6. The summed E-state index contributed by atoms with van der Waals surface area (Å²) in [6.07, 6.45) is 0.467. The van der Waals surface area contributed by atoms with E-state index >= 15 is 0 Å². The monoisotopic (exact) mass is 540 g/mol. The lowest BCUT2D eigenvalue weighted by molar-refractivity contribution is -0.147. The normalized spacial score (nSPS) is 10.2. The first kappa shape index (κ1) is 25.8. The van der Waals surface area contributed by atoms with Crippen LogP contribution in [-0.4, -0.2) is 31.5 Å². The number of ether oxygens (including phenoxy) is 3. The van der Waals surface area contributed by atoms with Crippen LogP contribution in [0, 0.1) is 0 Å². The Morgan fingerprint density at radius 3 is 2.11 bits per heavy atom. The third-order valence-corrected chi connectivity index (χ3v) is 5.22. The number of esters is 1. The van der Waals surface area contributed by atoms with E-state index in [0.717, 1.165) is 4.47 Å². The highest BCUT2D eigenvalue weighted by Gasteiger charge is 2.10. The third-order valence-electron chi connectivity index (χ3n) is 4.69. The number of rotatable bonds is 11. The number of carbonyl (C=O) groups excluding carboxylic acids is 3. The molecule has 0 aromatic heterocycles. The molecule has 0 saturated carbocycles. The molecule has 35 heavy (non-hydrogen) atoms. The van der Waals surface area contributed by atoms with Crippen LogP contribution in [0.3, 0.4) is 0 Å². The third kappa shape index (κ3) is 9.13. The Morgan fingerprint density at radius 1 is 0.771 bits per heavy atom. The predicted molar refractivity (Wildman–Crippen MR) is 136 cm³/mol. The standard InChI is InChI=1S/C26H25BrN2O6/c1-33-23-5-2-4-20(16-23)29-25(31)17-34-26(32)7-3-6-24(30)28-19-10-14-22(15-11-19)35-21-12-8-18(27)9-13-21/h2,4-5,8-16H,3,6-7,17H2,1H3,(H,28,30)(H,29,31). The van der Waals surface area contributed by atoms with Crippen LogP contribution in [0.25, 0.3) is 0 Å². The average Bonchev–Trinajstić information content (AvgIpc) is 2.85. The number of carbonyl (C=O) groups is 3. The minimum absolute atomic E-state index is 0.0276. The van der Waals surface area contributed by atoms with Gasteiger partial charge in [-0.05, 0) is 67.1 Å². The minimum atomic E-state index is -0.548. The van der Waals surface area contributed by atoms with Gasteiger partial charge in [-0.15, -0.1) is 0 Å². The Labute approximate surface area is 211 Å². The summed E-state index contributed by atoms with van der Waals surface area (Å²) in [5.41, 5.74) is 1.16. The zero-order chi connectivity index (χ0) is 25.0. The Morgan fingerprint density at radius 2 is 1.43 bits per heavy atom. The lowest BCUT2D eigenvalue weighted by Gasteiger charge is -2.09. The molecule has 2 N–H and O–H groups in total. The molecule has 0 aliphatic carbocycles. The first-order valence-electron chi connectivity index (χ1n) is 10.8. The zero-order valence-corrected chi connectivity index (χ0v) is 20.7. The topological polar surface area (TPSA) is 103 Å². The van der Waals surface area contributed by atoms with E-state index in [0.29, 0.717) is 35.0 Å². The average molecular weight is 541 g/mol. The summed E-state index contributed by atoms with van der Waals surface area (Å²) in [5.74, 6) is 0.710. The highest BCUT2D eigenvalue weighted by Crippen LogP contribution is 2.24. The Bertz CT molecular complexity index is 1150. The largest absolute Gasteiger partial charge is 0.497 e. The van der Waals surface area contributed by atoms with Gasteiger partial charge in [-0.2, -0.15) is 0 Å². The Balaban J connectivity index is 1.32. The van der Waals surface area contributed by atoms with Gasteiger partial charge in [0.25, 0.3) is 5.91 Å². The van der Waals surface area contributed by atoms with E-state index in [1.807, 2.05) is 24.3 Å². The van der Waals surface area contributed by atoms with Crippen molar-refractivity contribution < 1.29 is 28.6 Å². The molecule has 0 atom stereocenters. The van der Waals surface area contributed by atoms with Gasteiger partial charge in [0, 0.05) is 34.8 Å². The molecule has 8 nitrogen and oxygen atoms in total.